The summed E-state index contributed by atoms with van der Waals surface area (Å²) in [4.78, 5) is 40.1. The summed E-state index contributed by atoms with van der Waals surface area (Å²) in [5, 5.41) is 5.93. The Kier molecular flexibility index (Phi) is 6.29. The summed E-state index contributed by atoms with van der Waals surface area (Å²) < 4.78 is 10.4. The number of methoxy groups -OCH3 is 2. The molecule has 2 heterocycles. The van der Waals surface area contributed by atoms with Crippen molar-refractivity contribution >= 4 is 40.7 Å². The molecule has 1 saturated heterocycles. The number of rotatable bonds is 5. The lowest BCUT2D eigenvalue weighted by molar-refractivity contribution is -0.139. The van der Waals surface area contributed by atoms with Crippen LogP contribution in [0.5, 0.6) is 11.5 Å². The van der Waals surface area contributed by atoms with Gasteiger partial charge in [0.25, 0.3) is 5.91 Å². The number of para-hydroxylation sites is 1. The fourth-order valence-corrected chi connectivity index (χ4v) is 4.65. The van der Waals surface area contributed by atoms with Crippen LogP contribution in [-0.2, 0) is 20.8 Å². The second-order valence-corrected chi connectivity index (χ2v) is 8.33. The maximum absolute atomic E-state index is 13.0. The average Bonchev–Trinajstić information content (AvgIpc) is 3.23. The van der Waals surface area contributed by atoms with Gasteiger partial charge >= 0.3 is 0 Å². The molecule has 2 aromatic carbocycles. The van der Waals surface area contributed by atoms with Gasteiger partial charge in [0.05, 0.1) is 24.9 Å². The molecule has 2 aliphatic heterocycles. The van der Waals surface area contributed by atoms with Crippen LogP contribution in [0.15, 0.2) is 48.6 Å². The summed E-state index contributed by atoms with van der Waals surface area (Å²) in [7, 11) is 2.91. The van der Waals surface area contributed by atoms with Crippen LogP contribution in [0, 0.1) is 0 Å². The molecule has 3 amide bonds. The number of nitrogens with zero attached hydrogens (tertiary/aromatic N) is 1. The van der Waals surface area contributed by atoms with Gasteiger partial charge in [-0.05, 0) is 24.5 Å². The number of amides is 3. The summed E-state index contributed by atoms with van der Waals surface area (Å²) in [6.45, 7) is 0.447. The third kappa shape index (κ3) is 4.26. The van der Waals surface area contributed by atoms with Crippen molar-refractivity contribution in [2.45, 2.75) is 24.8 Å². The van der Waals surface area contributed by atoms with Gasteiger partial charge in [0, 0.05) is 42.9 Å². The van der Waals surface area contributed by atoms with Crippen LogP contribution in [0.1, 0.15) is 18.4 Å². The molecular weight excluding hydrogens is 446 g/mol. The van der Waals surface area contributed by atoms with E-state index in [0.717, 1.165) is 17.3 Å². The van der Waals surface area contributed by atoms with Gasteiger partial charge in [-0.2, -0.15) is 0 Å². The predicted octanol–water partition coefficient (Wildman–Crippen LogP) is 3.41. The number of halogens is 1. The minimum absolute atomic E-state index is 0.192. The Morgan fingerprint density at radius 2 is 1.91 bits per heavy atom. The van der Waals surface area contributed by atoms with Gasteiger partial charge in [0.2, 0.25) is 11.8 Å². The number of hydrogen-bond acceptors (Lipinski definition) is 5. The molecule has 0 bridgehead atoms. The molecule has 8 nitrogen and oxygen atoms in total. The maximum Gasteiger partial charge on any atom is 0.250 e. The Labute approximate surface area is 196 Å². The van der Waals surface area contributed by atoms with Crippen LogP contribution in [0.2, 0.25) is 5.02 Å². The summed E-state index contributed by atoms with van der Waals surface area (Å²) in [5.41, 5.74) is 1.16. The van der Waals surface area contributed by atoms with Crippen LogP contribution in [0.4, 0.5) is 11.4 Å². The zero-order valence-corrected chi connectivity index (χ0v) is 19.1. The Bertz CT molecular complexity index is 1150. The van der Waals surface area contributed by atoms with E-state index in [4.69, 9.17) is 21.1 Å². The van der Waals surface area contributed by atoms with Crippen LogP contribution in [-0.4, -0.2) is 48.9 Å². The Morgan fingerprint density at radius 1 is 1.15 bits per heavy atom. The van der Waals surface area contributed by atoms with Crippen molar-refractivity contribution in [2.24, 2.45) is 0 Å². The summed E-state index contributed by atoms with van der Waals surface area (Å²) in [6, 6.07) is 10.6. The van der Waals surface area contributed by atoms with Gasteiger partial charge in [-0.1, -0.05) is 29.8 Å². The first-order valence-corrected chi connectivity index (χ1v) is 10.9. The SMILES string of the molecule is COc1cc(NC(=O)C=CC(=O)N2CCCC23Cc2ccccc2NC3=O)c(OC)cc1Cl. The number of anilines is 2. The normalized spacial score (nSPS) is 19.4. The average molecular weight is 470 g/mol. The van der Waals surface area contributed by atoms with Crippen LogP contribution in [0.25, 0.3) is 0 Å². The lowest BCUT2D eigenvalue weighted by Crippen LogP contribution is -2.58. The third-order valence-corrected chi connectivity index (χ3v) is 6.33. The molecule has 1 fully saturated rings. The van der Waals surface area contributed by atoms with E-state index >= 15 is 0 Å². The summed E-state index contributed by atoms with van der Waals surface area (Å²) in [6.07, 6.45) is 4.06. The first-order chi connectivity index (χ1) is 15.9. The van der Waals surface area contributed by atoms with E-state index < -0.39 is 17.4 Å². The van der Waals surface area contributed by atoms with E-state index in [9.17, 15) is 14.4 Å². The molecule has 1 unspecified atom stereocenters. The number of hydrogen-bond donors (Lipinski definition) is 2. The van der Waals surface area contributed by atoms with Crippen molar-refractivity contribution in [2.75, 3.05) is 31.4 Å². The molecule has 0 radical (unpaired) electrons. The monoisotopic (exact) mass is 469 g/mol. The van der Waals surface area contributed by atoms with Gasteiger partial charge in [0.15, 0.2) is 0 Å². The van der Waals surface area contributed by atoms with E-state index in [2.05, 4.69) is 10.6 Å². The molecule has 9 heteroatoms. The van der Waals surface area contributed by atoms with Crippen LogP contribution in [0.3, 0.4) is 0 Å². The molecule has 4 rings (SSSR count). The largest absolute Gasteiger partial charge is 0.495 e. The molecule has 2 aliphatic rings. The minimum atomic E-state index is -0.945. The number of carbonyl (C=O) groups is 3. The highest BCUT2D eigenvalue weighted by Crippen LogP contribution is 2.39. The number of fused-ring (bicyclic) bond motifs is 1. The van der Waals surface area contributed by atoms with Crippen molar-refractivity contribution in [3.63, 3.8) is 0 Å². The fourth-order valence-electron chi connectivity index (χ4n) is 4.42. The smallest absolute Gasteiger partial charge is 0.250 e. The lowest BCUT2D eigenvalue weighted by atomic mass is 9.83. The second kappa shape index (κ2) is 9.15. The molecule has 2 N–H and O–H groups in total. The highest BCUT2D eigenvalue weighted by Gasteiger charge is 2.51. The van der Waals surface area contributed by atoms with E-state index in [1.807, 2.05) is 24.3 Å². The van der Waals surface area contributed by atoms with Crippen molar-refractivity contribution < 1.29 is 23.9 Å². The molecule has 2 aromatic rings. The zero-order valence-electron chi connectivity index (χ0n) is 18.3. The van der Waals surface area contributed by atoms with E-state index in [1.54, 1.807) is 4.90 Å². The van der Waals surface area contributed by atoms with Gasteiger partial charge in [-0.25, -0.2) is 0 Å². The highest BCUT2D eigenvalue weighted by molar-refractivity contribution is 6.32. The van der Waals surface area contributed by atoms with Gasteiger partial charge < -0.3 is 25.0 Å². The third-order valence-electron chi connectivity index (χ3n) is 6.03. The van der Waals surface area contributed by atoms with Crippen molar-refractivity contribution in [1.82, 2.24) is 4.90 Å². The molecular formula is C24H24ClN3O5. The molecule has 0 aromatic heterocycles. The van der Waals surface area contributed by atoms with Crippen LogP contribution >= 0.6 is 11.6 Å². The summed E-state index contributed by atoms with van der Waals surface area (Å²) >= 11 is 6.09. The summed E-state index contributed by atoms with van der Waals surface area (Å²) in [5.74, 6) is -0.390. The fraction of sp³-hybridized carbons (Fsp3) is 0.292. The van der Waals surface area contributed by atoms with Crippen molar-refractivity contribution in [1.29, 1.82) is 0 Å². The minimum Gasteiger partial charge on any atom is -0.495 e. The number of likely N-dealkylation sites (tertiary alicyclic amines) is 1. The first kappa shape index (κ1) is 22.7. The van der Waals surface area contributed by atoms with Gasteiger partial charge in [-0.3, -0.25) is 14.4 Å². The van der Waals surface area contributed by atoms with Crippen molar-refractivity contribution in [3.05, 3.63) is 59.1 Å². The molecule has 172 valence electrons. The Morgan fingerprint density at radius 3 is 2.67 bits per heavy atom. The molecule has 1 atom stereocenters. The standard InChI is InChI=1S/C24H24ClN3O5/c1-32-19-13-18(20(33-2)12-16(19)25)26-21(29)8-9-22(30)28-11-5-10-24(28)14-15-6-3-4-7-17(15)27-23(24)31/h3-4,6-9,12-13H,5,10-11,14H2,1-2H3,(H,26,29)(H,27,31). The van der Waals surface area contributed by atoms with Crippen LogP contribution < -0.4 is 20.1 Å². The molecule has 0 saturated carbocycles. The second-order valence-electron chi connectivity index (χ2n) is 7.92. The Hall–Kier alpha value is -3.52. The maximum atomic E-state index is 13.0. The van der Waals surface area contributed by atoms with Crippen molar-refractivity contribution in [3.8, 4) is 11.5 Å². The first-order valence-electron chi connectivity index (χ1n) is 10.5. The van der Waals surface area contributed by atoms with E-state index in [0.29, 0.717) is 48.0 Å². The number of ether oxygens (including phenoxy) is 2. The molecule has 1 spiro atoms. The van der Waals surface area contributed by atoms with Gasteiger partial charge in [0.1, 0.15) is 17.0 Å². The lowest BCUT2D eigenvalue weighted by Gasteiger charge is -2.40. The van der Waals surface area contributed by atoms with Gasteiger partial charge in [-0.15, -0.1) is 0 Å². The topological polar surface area (TPSA) is 97.0 Å². The number of carbonyl (C=O) groups excluding carboxylic acids is 3. The molecule has 33 heavy (non-hydrogen) atoms. The van der Waals surface area contributed by atoms with E-state index in [1.165, 1.54) is 32.4 Å². The predicted molar refractivity (Wildman–Crippen MR) is 125 cm³/mol. The quantitative estimate of drug-likeness (QED) is 0.654. The zero-order chi connectivity index (χ0) is 23.6. The highest BCUT2D eigenvalue weighted by atomic mass is 35.5. The number of benzene rings is 2. The number of nitrogens with one attached hydrogen (secondary N) is 2. The molecule has 0 aliphatic carbocycles. The van der Waals surface area contributed by atoms with E-state index in [-0.39, 0.29) is 5.91 Å². The Balaban J connectivity index is 1.50.